The number of hydrogen-bond acceptors (Lipinski definition) is 6. The maximum absolute atomic E-state index is 12.1. The van der Waals surface area contributed by atoms with Gasteiger partial charge in [-0.3, -0.25) is 9.69 Å². The molecule has 3 rings (SSSR count). The first-order valence-electron chi connectivity index (χ1n) is 9.47. The molecule has 7 heteroatoms. The molecule has 0 N–H and O–H groups in total. The monoisotopic (exact) mass is 372 g/mol. The van der Waals surface area contributed by atoms with Gasteiger partial charge in [-0.05, 0) is 44.9 Å². The van der Waals surface area contributed by atoms with Crippen LogP contribution in [0.1, 0.15) is 50.5 Å². The van der Waals surface area contributed by atoms with Gasteiger partial charge < -0.3 is 14.2 Å². The average molecular weight is 372 g/mol. The van der Waals surface area contributed by atoms with Crippen molar-refractivity contribution in [2.24, 2.45) is 0 Å². The fourth-order valence-electron chi connectivity index (χ4n) is 3.42. The number of amides is 1. The summed E-state index contributed by atoms with van der Waals surface area (Å²) >= 11 is 0. The summed E-state index contributed by atoms with van der Waals surface area (Å²) in [5, 5.41) is 3.88. The molecule has 0 bridgehead atoms. The van der Waals surface area contributed by atoms with Gasteiger partial charge in [0.25, 0.3) is 0 Å². The molecule has 1 fully saturated rings. The lowest BCUT2D eigenvalue weighted by atomic mass is 10.1. The maximum atomic E-state index is 12.1. The van der Waals surface area contributed by atoms with Gasteiger partial charge in [0.2, 0.25) is 11.8 Å². The molecular weight excluding hydrogens is 344 g/mol. The Balaban J connectivity index is 1.66. The fraction of sp³-hybridized carbons (Fsp3) is 0.550. The summed E-state index contributed by atoms with van der Waals surface area (Å²) in [6, 6.07) is 8.07. The van der Waals surface area contributed by atoms with Crippen LogP contribution in [0.15, 0.2) is 28.8 Å². The van der Waals surface area contributed by atoms with Gasteiger partial charge >= 0.3 is 0 Å². The van der Waals surface area contributed by atoms with Crippen molar-refractivity contribution in [2.45, 2.75) is 52.8 Å². The lowest BCUT2D eigenvalue weighted by Crippen LogP contribution is -2.35. The second-order valence-corrected chi connectivity index (χ2v) is 7.28. The van der Waals surface area contributed by atoms with Crippen molar-refractivity contribution >= 4 is 5.91 Å². The van der Waals surface area contributed by atoms with Crippen molar-refractivity contribution in [3.8, 4) is 5.75 Å². The highest BCUT2D eigenvalue weighted by molar-refractivity contribution is 5.73. The Hall–Kier alpha value is -2.41. The van der Waals surface area contributed by atoms with Gasteiger partial charge in [-0.2, -0.15) is 4.98 Å². The van der Waals surface area contributed by atoms with Crippen LogP contribution < -0.4 is 4.74 Å². The van der Waals surface area contributed by atoms with Crippen LogP contribution in [0.25, 0.3) is 0 Å². The van der Waals surface area contributed by atoms with E-state index in [0.29, 0.717) is 18.3 Å². The topological polar surface area (TPSA) is 71.7 Å². The predicted octanol–water partition coefficient (Wildman–Crippen LogP) is 2.96. The van der Waals surface area contributed by atoms with Gasteiger partial charge in [0, 0.05) is 33.1 Å². The molecule has 1 amide bonds. The first-order valence-corrected chi connectivity index (χ1v) is 9.47. The van der Waals surface area contributed by atoms with Crippen LogP contribution in [0, 0.1) is 6.92 Å². The van der Waals surface area contributed by atoms with Crippen LogP contribution in [0.4, 0.5) is 0 Å². The molecule has 1 aromatic heterocycles. The fourth-order valence-corrected chi connectivity index (χ4v) is 3.42. The molecule has 2 heterocycles. The second-order valence-electron chi connectivity index (χ2n) is 7.28. The number of rotatable bonds is 5. The van der Waals surface area contributed by atoms with E-state index in [-0.39, 0.29) is 18.1 Å². The molecule has 1 saturated heterocycles. The van der Waals surface area contributed by atoms with Crippen LogP contribution in [-0.2, 0) is 11.3 Å². The minimum atomic E-state index is -0.157. The van der Waals surface area contributed by atoms with E-state index >= 15 is 0 Å². The lowest BCUT2D eigenvalue weighted by molar-refractivity contribution is -0.131. The molecule has 1 atom stereocenters. The summed E-state index contributed by atoms with van der Waals surface area (Å²) in [6.07, 6.45) is 0.944. The summed E-state index contributed by atoms with van der Waals surface area (Å²) in [5.41, 5.74) is 1.23. The summed E-state index contributed by atoms with van der Waals surface area (Å²) in [5.74, 6) is 2.05. The van der Waals surface area contributed by atoms with Crippen molar-refractivity contribution in [3.05, 3.63) is 41.5 Å². The van der Waals surface area contributed by atoms with E-state index in [9.17, 15) is 4.79 Å². The minimum absolute atomic E-state index is 0.0351. The first-order chi connectivity index (χ1) is 12.9. The largest absolute Gasteiger partial charge is 0.491 e. The van der Waals surface area contributed by atoms with Crippen molar-refractivity contribution < 1.29 is 14.1 Å². The number of ether oxygens (including phenoxy) is 1. The summed E-state index contributed by atoms with van der Waals surface area (Å²) in [7, 11) is 0. The number of carbonyl (C=O) groups excluding carboxylic acids is 1. The maximum Gasteiger partial charge on any atom is 0.249 e. The van der Waals surface area contributed by atoms with Crippen molar-refractivity contribution in [1.82, 2.24) is 19.9 Å². The van der Waals surface area contributed by atoms with Gasteiger partial charge in [0.15, 0.2) is 5.82 Å². The van der Waals surface area contributed by atoms with E-state index in [1.165, 1.54) is 5.56 Å². The molecule has 0 spiro atoms. The number of hydrogen-bond donors (Lipinski definition) is 0. The third-order valence-corrected chi connectivity index (χ3v) is 4.69. The van der Waals surface area contributed by atoms with Gasteiger partial charge in [-0.1, -0.05) is 17.3 Å². The normalized spacial score (nSPS) is 18.6. The Kier molecular flexibility index (Phi) is 6.11. The van der Waals surface area contributed by atoms with Crippen molar-refractivity contribution in [2.75, 3.05) is 19.6 Å². The molecule has 27 heavy (non-hydrogen) atoms. The summed E-state index contributed by atoms with van der Waals surface area (Å²) < 4.78 is 11.1. The smallest absolute Gasteiger partial charge is 0.249 e. The molecule has 1 aliphatic heterocycles. The highest BCUT2D eigenvalue weighted by Gasteiger charge is 2.31. The summed E-state index contributed by atoms with van der Waals surface area (Å²) in [6.45, 7) is 10.6. The van der Waals surface area contributed by atoms with E-state index in [0.717, 1.165) is 31.8 Å². The number of carbonyl (C=O) groups is 1. The van der Waals surface area contributed by atoms with Gasteiger partial charge in [0.1, 0.15) is 11.8 Å². The molecule has 0 radical (unpaired) electrons. The van der Waals surface area contributed by atoms with E-state index < -0.39 is 0 Å². The Labute approximate surface area is 160 Å². The van der Waals surface area contributed by atoms with Crippen LogP contribution in [0.5, 0.6) is 5.75 Å². The van der Waals surface area contributed by atoms with Gasteiger partial charge in [-0.25, -0.2) is 0 Å². The van der Waals surface area contributed by atoms with Crippen LogP contribution in [-0.4, -0.2) is 51.6 Å². The second kappa shape index (κ2) is 8.52. The Morgan fingerprint density at radius 3 is 2.59 bits per heavy atom. The van der Waals surface area contributed by atoms with E-state index in [1.807, 2.05) is 30.9 Å². The SMILES string of the molecule is CC(=O)N1CCN(Cc2ccc(OC(C)C)cc2)CCC1c1nc(C)no1. The molecule has 2 aromatic rings. The third kappa shape index (κ3) is 5.07. The number of benzene rings is 1. The highest BCUT2D eigenvalue weighted by Crippen LogP contribution is 2.26. The lowest BCUT2D eigenvalue weighted by Gasteiger charge is -2.25. The predicted molar refractivity (Wildman–Crippen MR) is 101 cm³/mol. The molecule has 1 aromatic carbocycles. The molecule has 1 unspecified atom stereocenters. The highest BCUT2D eigenvalue weighted by atomic mass is 16.5. The first kappa shape index (κ1) is 19.4. The van der Waals surface area contributed by atoms with Crippen molar-refractivity contribution in [3.63, 3.8) is 0 Å². The average Bonchev–Trinajstić information content (AvgIpc) is 2.92. The molecule has 7 nitrogen and oxygen atoms in total. The standard InChI is InChI=1S/C20H28N4O3/c1-14(2)26-18-7-5-17(6-8-18)13-23-10-9-19(20-21-15(3)22-27-20)24(12-11-23)16(4)25/h5-8,14,19H,9-13H2,1-4H3. The minimum Gasteiger partial charge on any atom is -0.491 e. The van der Waals surface area contributed by atoms with Gasteiger partial charge in [0.05, 0.1) is 6.10 Å². The van der Waals surface area contributed by atoms with Crippen LogP contribution in [0.2, 0.25) is 0 Å². The molecule has 0 aliphatic carbocycles. The number of aromatic nitrogens is 2. The molecule has 1 aliphatic rings. The Bertz CT molecular complexity index is 757. The Morgan fingerprint density at radius 1 is 1.26 bits per heavy atom. The number of aryl methyl sites for hydroxylation is 1. The van der Waals surface area contributed by atoms with E-state index in [4.69, 9.17) is 9.26 Å². The number of nitrogens with zero attached hydrogens (tertiary/aromatic N) is 4. The summed E-state index contributed by atoms with van der Waals surface area (Å²) in [4.78, 5) is 20.7. The van der Waals surface area contributed by atoms with E-state index in [1.54, 1.807) is 13.8 Å². The molecular formula is C20H28N4O3. The molecule has 0 saturated carbocycles. The zero-order valence-corrected chi connectivity index (χ0v) is 16.5. The zero-order valence-electron chi connectivity index (χ0n) is 16.5. The molecule has 146 valence electrons. The third-order valence-electron chi connectivity index (χ3n) is 4.69. The van der Waals surface area contributed by atoms with Crippen LogP contribution >= 0.6 is 0 Å². The van der Waals surface area contributed by atoms with Crippen LogP contribution in [0.3, 0.4) is 0 Å². The van der Waals surface area contributed by atoms with E-state index in [2.05, 4.69) is 27.2 Å². The zero-order chi connectivity index (χ0) is 19.4. The Morgan fingerprint density at radius 2 is 2.00 bits per heavy atom. The van der Waals surface area contributed by atoms with Gasteiger partial charge in [-0.15, -0.1) is 0 Å². The van der Waals surface area contributed by atoms with Crippen molar-refractivity contribution in [1.29, 1.82) is 0 Å². The quantitative estimate of drug-likeness (QED) is 0.804.